The van der Waals surface area contributed by atoms with Gasteiger partial charge in [-0.2, -0.15) is 0 Å². The Morgan fingerprint density at radius 3 is 3.06 bits per heavy atom. The molecule has 16 heavy (non-hydrogen) atoms. The van der Waals surface area contributed by atoms with Gasteiger partial charge in [-0.05, 0) is 19.4 Å². The van der Waals surface area contributed by atoms with Crippen LogP contribution in [-0.2, 0) is 0 Å². The first-order valence-corrected chi connectivity index (χ1v) is 5.34. The minimum atomic E-state index is 0.443. The second kappa shape index (κ2) is 4.30. The molecule has 0 unspecified atom stereocenters. The molecule has 5 heteroatoms. The molecule has 0 amide bonds. The normalized spacial score (nSPS) is 12.2. The predicted octanol–water partition coefficient (Wildman–Crippen LogP) is 2.14. The second-order valence-corrected chi connectivity index (χ2v) is 3.81. The number of aromatic nitrogens is 4. The van der Waals surface area contributed by atoms with Gasteiger partial charge in [0.1, 0.15) is 5.52 Å². The quantitative estimate of drug-likeness (QED) is 0.825. The molecule has 0 aliphatic rings. The number of H-pyrrole nitrogens is 1. The standard InChI is InChI=1S/C11H15N5/c1-3-4-7(2)5-8-15-10(12)9-11(16-8)14-6-13-9/h5-6H,3-4H2,1-2H3,(H3,12,13,14,15,16). The zero-order valence-corrected chi connectivity index (χ0v) is 9.49. The third kappa shape index (κ3) is 2.03. The summed E-state index contributed by atoms with van der Waals surface area (Å²) < 4.78 is 0. The molecule has 0 saturated heterocycles. The lowest BCUT2D eigenvalue weighted by Gasteiger charge is -1.99. The summed E-state index contributed by atoms with van der Waals surface area (Å²) in [6.07, 6.45) is 5.68. The molecule has 0 atom stereocenters. The number of nitrogens with one attached hydrogen (secondary N) is 1. The number of rotatable bonds is 3. The van der Waals surface area contributed by atoms with E-state index < -0.39 is 0 Å². The first kappa shape index (κ1) is 10.6. The van der Waals surface area contributed by atoms with E-state index in [2.05, 4.69) is 33.8 Å². The number of anilines is 1. The summed E-state index contributed by atoms with van der Waals surface area (Å²) in [5, 5.41) is 0. The number of hydrogen-bond acceptors (Lipinski definition) is 4. The van der Waals surface area contributed by atoms with Crippen molar-refractivity contribution in [2.24, 2.45) is 0 Å². The Kier molecular flexibility index (Phi) is 2.85. The maximum Gasteiger partial charge on any atom is 0.183 e. The third-order valence-corrected chi connectivity index (χ3v) is 2.35. The van der Waals surface area contributed by atoms with Crippen molar-refractivity contribution in [3.63, 3.8) is 0 Å². The van der Waals surface area contributed by atoms with Gasteiger partial charge in [0.15, 0.2) is 17.3 Å². The van der Waals surface area contributed by atoms with Crippen LogP contribution in [0.5, 0.6) is 0 Å². The van der Waals surface area contributed by atoms with Gasteiger partial charge in [-0.1, -0.05) is 18.9 Å². The average Bonchev–Trinajstić information content (AvgIpc) is 2.66. The first-order chi connectivity index (χ1) is 7.70. The van der Waals surface area contributed by atoms with Crippen LogP contribution < -0.4 is 5.73 Å². The van der Waals surface area contributed by atoms with Gasteiger partial charge >= 0.3 is 0 Å². The summed E-state index contributed by atoms with van der Waals surface area (Å²) in [5.74, 6) is 1.07. The molecule has 84 valence electrons. The van der Waals surface area contributed by atoms with E-state index in [1.807, 2.05) is 6.08 Å². The van der Waals surface area contributed by atoms with Crippen LogP contribution in [0, 0.1) is 0 Å². The van der Waals surface area contributed by atoms with Crippen LogP contribution in [-0.4, -0.2) is 19.9 Å². The van der Waals surface area contributed by atoms with Gasteiger partial charge < -0.3 is 10.7 Å². The predicted molar refractivity (Wildman–Crippen MR) is 64.7 cm³/mol. The van der Waals surface area contributed by atoms with Crippen molar-refractivity contribution in [3.05, 3.63) is 17.7 Å². The van der Waals surface area contributed by atoms with Gasteiger partial charge in [0.05, 0.1) is 6.33 Å². The lowest BCUT2D eigenvalue weighted by Crippen LogP contribution is -1.97. The fourth-order valence-electron chi connectivity index (χ4n) is 1.62. The van der Waals surface area contributed by atoms with Gasteiger partial charge in [-0.15, -0.1) is 0 Å². The topological polar surface area (TPSA) is 80.5 Å². The number of hydrogen-bond donors (Lipinski definition) is 2. The monoisotopic (exact) mass is 217 g/mol. The van der Waals surface area contributed by atoms with Gasteiger partial charge in [0.25, 0.3) is 0 Å². The molecule has 0 saturated carbocycles. The highest BCUT2D eigenvalue weighted by Gasteiger charge is 2.05. The Morgan fingerprint density at radius 1 is 1.50 bits per heavy atom. The van der Waals surface area contributed by atoms with E-state index in [4.69, 9.17) is 5.73 Å². The summed E-state index contributed by atoms with van der Waals surface area (Å²) >= 11 is 0. The highest BCUT2D eigenvalue weighted by Crippen LogP contribution is 2.15. The van der Waals surface area contributed by atoms with Crippen LogP contribution in [0.2, 0.25) is 0 Å². The van der Waals surface area contributed by atoms with Crippen molar-refractivity contribution in [1.82, 2.24) is 19.9 Å². The number of nitrogens with two attached hydrogens (primary N) is 1. The molecule has 0 aromatic carbocycles. The molecule has 0 fully saturated rings. The van der Waals surface area contributed by atoms with Gasteiger partial charge in [0, 0.05) is 0 Å². The van der Waals surface area contributed by atoms with E-state index in [9.17, 15) is 0 Å². The Hall–Kier alpha value is -1.91. The summed E-state index contributed by atoms with van der Waals surface area (Å²) in [7, 11) is 0. The van der Waals surface area contributed by atoms with Crippen molar-refractivity contribution < 1.29 is 0 Å². The molecule has 0 spiro atoms. The average molecular weight is 217 g/mol. The van der Waals surface area contributed by atoms with E-state index in [-0.39, 0.29) is 0 Å². The first-order valence-electron chi connectivity index (χ1n) is 5.34. The molecule has 0 aliphatic carbocycles. The zero-order valence-electron chi connectivity index (χ0n) is 9.49. The summed E-state index contributed by atoms with van der Waals surface area (Å²) in [4.78, 5) is 15.5. The van der Waals surface area contributed by atoms with E-state index in [1.165, 1.54) is 5.57 Å². The van der Waals surface area contributed by atoms with Gasteiger partial charge in [-0.25, -0.2) is 15.0 Å². The molecule has 0 radical (unpaired) electrons. The molecular weight excluding hydrogens is 202 g/mol. The van der Waals surface area contributed by atoms with Crippen molar-refractivity contribution in [3.8, 4) is 0 Å². The van der Waals surface area contributed by atoms with Crippen LogP contribution >= 0.6 is 0 Å². The van der Waals surface area contributed by atoms with Crippen LogP contribution in [0.25, 0.3) is 17.2 Å². The number of allylic oxidation sites excluding steroid dienone is 1. The molecule has 0 aliphatic heterocycles. The molecule has 2 rings (SSSR count). The van der Waals surface area contributed by atoms with Crippen LogP contribution in [0.15, 0.2) is 11.9 Å². The fourth-order valence-corrected chi connectivity index (χ4v) is 1.62. The Balaban J connectivity index is 2.42. The van der Waals surface area contributed by atoms with Crippen molar-refractivity contribution in [2.75, 3.05) is 5.73 Å². The largest absolute Gasteiger partial charge is 0.382 e. The summed E-state index contributed by atoms with van der Waals surface area (Å²) in [5.41, 5.74) is 8.36. The fraction of sp³-hybridized carbons (Fsp3) is 0.364. The summed E-state index contributed by atoms with van der Waals surface area (Å²) in [6, 6.07) is 0. The van der Waals surface area contributed by atoms with E-state index >= 15 is 0 Å². The molecule has 2 aromatic heterocycles. The minimum Gasteiger partial charge on any atom is -0.382 e. The Morgan fingerprint density at radius 2 is 2.31 bits per heavy atom. The SMILES string of the molecule is CCCC(C)=Cc1nc(N)c2[nH]cnc2n1. The van der Waals surface area contributed by atoms with Gasteiger partial charge in [0.2, 0.25) is 0 Å². The Bertz CT molecular complexity index is 526. The molecule has 2 aromatic rings. The van der Waals surface area contributed by atoms with Crippen LogP contribution in [0.1, 0.15) is 32.5 Å². The van der Waals surface area contributed by atoms with Crippen molar-refractivity contribution in [1.29, 1.82) is 0 Å². The molecule has 2 heterocycles. The minimum absolute atomic E-state index is 0.443. The van der Waals surface area contributed by atoms with E-state index in [1.54, 1.807) is 6.33 Å². The molecule has 5 nitrogen and oxygen atoms in total. The maximum atomic E-state index is 5.80. The number of nitrogen functional groups attached to an aromatic ring is 1. The molecular formula is C11H15N5. The summed E-state index contributed by atoms with van der Waals surface area (Å²) in [6.45, 7) is 4.21. The zero-order chi connectivity index (χ0) is 11.5. The molecule has 0 bridgehead atoms. The van der Waals surface area contributed by atoms with Crippen LogP contribution in [0.3, 0.4) is 0 Å². The van der Waals surface area contributed by atoms with E-state index in [0.717, 1.165) is 12.8 Å². The second-order valence-electron chi connectivity index (χ2n) is 3.81. The number of imidazole rings is 1. The number of nitrogens with zero attached hydrogens (tertiary/aromatic N) is 3. The lowest BCUT2D eigenvalue weighted by molar-refractivity contribution is 0.910. The Labute approximate surface area is 93.8 Å². The highest BCUT2D eigenvalue weighted by atomic mass is 15.0. The van der Waals surface area contributed by atoms with Crippen molar-refractivity contribution in [2.45, 2.75) is 26.7 Å². The number of fused-ring (bicyclic) bond motifs is 1. The lowest BCUT2D eigenvalue weighted by atomic mass is 10.1. The van der Waals surface area contributed by atoms with E-state index in [0.29, 0.717) is 22.8 Å². The van der Waals surface area contributed by atoms with Crippen molar-refractivity contribution >= 4 is 23.1 Å². The smallest absolute Gasteiger partial charge is 0.183 e. The molecule has 3 N–H and O–H groups in total. The van der Waals surface area contributed by atoms with Crippen LogP contribution in [0.4, 0.5) is 5.82 Å². The van der Waals surface area contributed by atoms with Gasteiger partial charge in [-0.3, -0.25) is 0 Å². The maximum absolute atomic E-state index is 5.80. The number of aromatic amines is 1. The third-order valence-electron chi connectivity index (χ3n) is 2.35. The highest BCUT2D eigenvalue weighted by molar-refractivity contribution is 5.81.